The van der Waals surface area contributed by atoms with Crippen LogP contribution in [0.3, 0.4) is 0 Å². The molecule has 100 valence electrons. The number of rotatable bonds is 4. The van der Waals surface area contributed by atoms with Gasteiger partial charge in [0.15, 0.2) is 0 Å². The first-order valence-corrected chi connectivity index (χ1v) is 6.74. The first-order chi connectivity index (χ1) is 9.25. The number of nitrogens with zero attached hydrogens (tertiary/aromatic N) is 3. The van der Waals surface area contributed by atoms with E-state index in [-0.39, 0.29) is 0 Å². The third-order valence-corrected chi connectivity index (χ3v) is 3.72. The van der Waals surface area contributed by atoms with Crippen molar-refractivity contribution in [3.05, 3.63) is 34.6 Å². The number of anilines is 1. The van der Waals surface area contributed by atoms with Gasteiger partial charge in [-0.15, -0.1) is 0 Å². The molecular weight excluding hydrogens is 240 g/mol. The van der Waals surface area contributed by atoms with Gasteiger partial charge in [0.2, 0.25) is 0 Å². The van der Waals surface area contributed by atoms with E-state index >= 15 is 0 Å². The first kappa shape index (κ1) is 12.1. The minimum absolute atomic E-state index is 0.840. The molecule has 0 aromatic carbocycles. The molecule has 1 aliphatic carbocycles. The number of nitrogens with one attached hydrogen (secondary N) is 1. The molecule has 0 aliphatic heterocycles. The molecule has 0 saturated carbocycles. The van der Waals surface area contributed by atoms with Crippen LogP contribution in [0, 0.1) is 13.8 Å². The van der Waals surface area contributed by atoms with Crippen LogP contribution in [-0.4, -0.2) is 21.7 Å². The smallest absolute Gasteiger partial charge is 0.137 e. The van der Waals surface area contributed by atoms with Crippen LogP contribution in [0.25, 0.3) is 0 Å². The van der Waals surface area contributed by atoms with Crippen molar-refractivity contribution in [2.24, 2.45) is 0 Å². The van der Waals surface area contributed by atoms with E-state index in [9.17, 15) is 0 Å². The van der Waals surface area contributed by atoms with E-state index in [2.05, 4.69) is 20.4 Å². The zero-order valence-corrected chi connectivity index (χ0v) is 11.4. The Labute approximate surface area is 112 Å². The van der Waals surface area contributed by atoms with Crippen molar-refractivity contribution in [3.8, 4) is 0 Å². The molecule has 0 amide bonds. The molecule has 0 saturated heterocycles. The molecule has 0 radical (unpaired) electrons. The lowest BCUT2D eigenvalue weighted by Gasteiger charge is -2.09. The highest BCUT2D eigenvalue weighted by atomic mass is 16.5. The average molecular weight is 258 g/mol. The van der Waals surface area contributed by atoms with Gasteiger partial charge in [-0.05, 0) is 39.5 Å². The van der Waals surface area contributed by atoms with Gasteiger partial charge < -0.3 is 9.84 Å². The summed E-state index contributed by atoms with van der Waals surface area (Å²) < 4.78 is 5.17. The minimum Gasteiger partial charge on any atom is -0.369 e. The summed E-state index contributed by atoms with van der Waals surface area (Å²) in [6.45, 7) is 4.78. The first-order valence-electron chi connectivity index (χ1n) is 6.74. The van der Waals surface area contributed by atoms with Crippen LogP contribution >= 0.6 is 0 Å². The number of aromatic nitrogens is 3. The Kier molecular flexibility index (Phi) is 3.19. The van der Waals surface area contributed by atoms with Crippen LogP contribution in [0.2, 0.25) is 0 Å². The van der Waals surface area contributed by atoms with Gasteiger partial charge in [0.05, 0.1) is 5.69 Å². The summed E-state index contributed by atoms with van der Waals surface area (Å²) in [6, 6.07) is 0. The van der Waals surface area contributed by atoms with Gasteiger partial charge in [-0.1, -0.05) is 5.16 Å². The van der Waals surface area contributed by atoms with E-state index in [1.807, 2.05) is 13.8 Å². The molecule has 3 rings (SSSR count). The largest absolute Gasteiger partial charge is 0.369 e. The fourth-order valence-electron chi connectivity index (χ4n) is 2.68. The Hall–Kier alpha value is -1.91. The third-order valence-electron chi connectivity index (χ3n) is 3.72. The Balaban J connectivity index is 1.66. The van der Waals surface area contributed by atoms with Crippen molar-refractivity contribution in [1.82, 2.24) is 15.1 Å². The van der Waals surface area contributed by atoms with Crippen LogP contribution in [0.5, 0.6) is 0 Å². The fraction of sp³-hybridized carbons (Fsp3) is 0.500. The predicted octanol–water partition coefficient (Wildman–Crippen LogP) is 2.22. The standard InChI is InChI=1S/C14H18N4O/c1-9-11(10(2)19-18-9)6-7-15-14-12-4-3-5-13(12)16-8-17-14/h8H,3-7H2,1-2H3,(H,15,16,17). The molecule has 0 unspecified atom stereocenters. The molecule has 0 bridgehead atoms. The predicted molar refractivity (Wildman–Crippen MR) is 72.2 cm³/mol. The Morgan fingerprint density at radius 3 is 2.95 bits per heavy atom. The second kappa shape index (κ2) is 4.99. The van der Waals surface area contributed by atoms with Gasteiger partial charge in [0.1, 0.15) is 17.9 Å². The molecule has 2 heterocycles. The van der Waals surface area contributed by atoms with Crippen LogP contribution < -0.4 is 5.32 Å². The van der Waals surface area contributed by atoms with E-state index in [1.54, 1.807) is 6.33 Å². The highest BCUT2D eigenvalue weighted by Gasteiger charge is 2.17. The van der Waals surface area contributed by atoms with E-state index in [1.165, 1.54) is 23.2 Å². The molecule has 0 atom stereocenters. The second-order valence-electron chi connectivity index (χ2n) is 4.98. The number of fused-ring (bicyclic) bond motifs is 1. The van der Waals surface area contributed by atoms with Crippen molar-refractivity contribution in [2.45, 2.75) is 39.5 Å². The molecule has 2 aromatic heterocycles. The monoisotopic (exact) mass is 258 g/mol. The molecule has 0 spiro atoms. The van der Waals surface area contributed by atoms with Crippen molar-refractivity contribution in [1.29, 1.82) is 0 Å². The van der Waals surface area contributed by atoms with Gasteiger partial charge in [0, 0.05) is 23.4 Å². The van der Waals surface area contributed by atoms with Crippen molar-refractivity contribution < 1.29 is 4.52 Å². The molecule has 2 aromatic rings. The SMILES string of the molecule is Cc1noc(C)c1CCNc1ncnc2c1CCC2. The maximum Gasteiger partial charge on any atom is 0.137 e. The fourth-order valence-corrected chi connectivity index (χ4v) is 2.68. The maximum atomic E-state index is 5.17. The normalized spacial score (nSPS) is 13.6. The van der Waals surface area contributed by atoms with Crippen LogP contribution in [0.15, 0.2) is 10.9 Å². The number of aryl methyl sites for hydroxylation is 3. The van der Waals surface area contributed by atoms with Crippen molar-refractivity contribution >= 4 is 5.82 Å². The molecule has 5 nitrogen and oxygen atoms in total. The summed E-state index contributed by atoms with van der Waals surface area (Å²) in [7, 11) is 0. The van der Waals surface area contributed by atoms with Crippen LogP contribution in [-0.2, 0) is 19.3 Å². The van der Waals surface area contributed by atoms with Gasteiger partial charge in [-0.3, -0.25) is 0 Å². The van der Waals surface area contributed by atoms with Gasteiger partial charge in [-0.2, -0.15) is 0 Å². The highest BCUT2D eigenvalue weighted by molar-refractivity contribution is 5.48. The third kappa shape index (κ3) is 2.32. The van der Waals surface area contributed by atoms with Crippen LogP contribution in [0.1, 0.15) is 34.7 Å². The second-order valence-corrected chi connectivity index (χ2v) is 4.98. The van der Waals surface area contributed by atoms with E-state index in [0.717, 1.165) is 43.1 Å². The number of hydrogen-bond donors (Lipinski definition) is 1. The van der Waals surface area contributed by atoms with E-state index < -0.39 is 0 Å². The Morgan fingerprint density at radius 2 is 2.16 bits per heavy atom. The summed E-state index contributed by atoms with van der Waals surface area (Å²) in [5.74, 6) is 1.90. The summed E-state index contributed by atoms with van der Waals surface area (Å²) >= 11 is 0. The molecule has 1 aliphatic rings. The maximum absolute atomic E-state index is 5.17. The van der Waals surface area contributed by atoms with Crippen molar-refractivity contribution in [3.63, 3.8) is 0 Å². The number of hydrogen-bond acceptors (Lipinski definition) is 5. The summed E-state index contributed by atoms with van der Waals surface area (Å²) in [5.41, 5.74) is 4.67. The molecule has 5 heteroatoms. The minimum atomic E-state index is 0.840. The molecule has 0 fully saturated rings. The lowest BCUT2D eigenvalue weighted by molar-refractivity contribution is 0.392. The van der Waals surface area contributed by atoms with Gasteiger partial charge >= 0.3 is 0 Å². The summed E-state index contributed by atoms with van der Waals surface area (Å²) in [6.07, 6.45) is 5.91. The summed E-state index contributed by atoms with van der Waals surface area (Å²) in [5, 5.41) is 7.39. The topological polar surface area (TPSA) is 63.8 Å². The zero-order valence-electron chi connectivity index (χ0n) is 11.4. The van der Waals surface area contributed by atoms with E-state index in [4.69, 9.17) is 4.52 Å². The Morgan fingerprint density at radius 1 is 1.26 bits per heavy atom. The molecule has 19 heavy (non-hydrogen) atoms. The zero-order chi connectivity index (χ0) is 13.2. The quantitative estimate of drug-likeness (QED) is 0.911. The van der Waals surface area contributed by atoms with Crippen molar-refractivity contribution in [2.75, 3.05) is 11.9 Å². The lowest BCUT2D eigenvalue weighted by atomic mass is 10.1. The Bertz CT molecular complexity index is 572. The average Bonchev–Trinajstić information content (AvgIpc) is 3.00. The van der Waals surface area contributed by atoms with Crippen LogP contribution in [0.4, 0.5) is 5.82 Å². The van der Waals surface area contributed by atoms with E-state index in [0.29, 0.717) is 0 Å². The van der Waals surface area contributed by atoms with Gasteiger partial charge in [0.25, 0.3) is 0 Å². The molecule has 1 N–H and O–H groups in total. The summed E-state index contributed by atoms with van der Waals surface area (Å²) in [4.78, 5) is 8.68. The van der Waals surface area contributed by atoms with Gasteiger partial charge in [-0.25, -0.2) is 9.97 Å². The highest BCUT2D eigenvalue weighted by Crippen LogP contribution is 2.25. The molecular formula is C14H18N4O. The lowest BCUT2D eigenvalue weighted by Crippen LogP contribution is -2.10.